The van der Waals surface area contributed by atoms with Crippen LogP contribution < -0.4 is 10.2 Å². The molecule has 1 aliphatic heterocycles. The van der Waals surface area contributed by atoms with Gasteiger partial charge >= 0.3 is 0 Å². The molecule has 0 saturated carbocycles. The highest BCUT2D eigenvalue weighted by Gasteiger charge is 2.43. The highest BCUT2D eigenvalue weighted by molar-refractivity contribution is 7.80. The smallest absolute Gasteiger partial charge is 0.270 e. The van der Waals surface area contributed by atoms with Crippen molar-refractivity contribution in [2.45, 2.75) is 12.1 Å². The average molecular weight is 493 g/mol. The fourth-order valence-electron chi connectivity index (χ4n) is 4.03. The number of anilines is 1. The van der Waals surface area contributed by atoms with E-state index in [1.54, 1.807) is 47.5 Å². The molecule has 2 N–H and O–H groups in total. The largest absolute Gasteiger partial charge is 0.506 e. The first-order valence-corrected chi connectivity index (χ1v) is 11.0. The first-order chi connectivity index (χ1) is 16.4. The van der Waals surface area contributed by atoms with Crippen LogP contribution in [0.25, 0.3) is 11.3 Å². The van der Waals surface area contributed by atoms with E-state index in [1.807, 2.05) is 18.2 Å². The van der Waals surface area contributed by atoms with Gasteiger partial charge in [-0.05, 0) is 54.7 Å². The van der Waals surface area contributed by atoms with Gasteiger partial charge in [-0.15, -0.1) is 0 Å². The van der Waals surface area contributed by atoms with Crippen LogP contribution in [0.15, 0.2) is 83.4 Å². The van der Waals surface area contributed by atoms with Gasteiger partial charge in [0.05, 0.1) is 22.3 Å². The van der Waals surface area contributed by atoms with Crippen LogP contribution in [0.5, 0.6) is 5.75 Å². The first-order valence-electron chi connectivity index (χ1n) is 10.3. The molecule has 2 aromatic heterocycles. The number of pyridine rings is 1. The molecule has 10 heteroatoms. The average Bonchev–Trinajstić information content (AvgIpc) is 3.46. The van der Waals surface area contributed by atoms with Gasteiger partial charge < -0.3 is 19.7 Å². The number of benzene rings is 2. The van der Waals surface area contributed by atoms with Crippen molar-refractivity contribution >= 4 is 40.3 Å². The maximum atomic E-state index is 11.2. The summed E-state index contributed by atoms with van der Waals surface area (Å²) < 4.78 is 6.20. The number of nitro groups is 1. The molecule has 1 aliphatic rings. The topological polar surface area (TPSA) is 105 Å². The first kappa shape index (κ1) is 21.9. The van der Waals surface area contributed by atoms with Crippen molar-refractivity contribution in [2.24, 2.45) is 0 Å². The number of phenolic OH excluding ortho intramolecular Hbond substituents is 1. The van der Waals surface area contributed by atoms with Gasteiger partial charge in [0, 0.05) is 28.9 Å². The number of nitrogens with one attached hydrogen (secondary N) is 1. The van der Waals surface area contributed by atoms with Crippen molar-refractivity contribution in [3.05, 3.63) is 106 Å². The Hall–Kier alpha value is -3.95. The number of nitrogens with zero attached hydrogens (tertiary/aromatic N) is 3. The summed E-state index contributed by atoms with van der Waals surface area (Å²) in [5.74, 6) is 1.00. The van der Waals surface area contributed by atoms with Crippen LogP contribution in [-0.2, 0) is 0 Å². The Labute approximate surface area is 204 Å². The lowest BCUT2D eigenvalue weighted by Crippen LogP contribution is -2.29. The lowest BCUT2D eigenvalue weighted by atomic mass is 10.0. The summed E-state index contributed by atoms with van der Waals surface area (Å²) in [4.78, 5) is 17.0. The highest BCUT2D eigenvalue weighted by atomic mass is 35.5. The van der Waals surface area contributed by atoms with Crippen LogP contribution in [-0.4, -0.2) is 20.1 Å². The number of phenols is 1. The minimum Gasteiger partial charge on any atom is -0.506 e. The second-order valence-corrected chi connectivity index (χ2v) is 8.46. The van der Waals surface area contributed by atoms with Crippen molar-refractivity contribution in [3.63, 3.8) is 0 Å². The van der Waals surface area contributed by atoms with Gasteiger partial charge in [0.1, 0.15) is 23.3 Å². The summed E-state index contributed by atoms with van der Waals surface area (Å²) in [7, 11) is 0. The molecular formula is C24H17ClN4O4S. The standard InChI is InChI=1S/C24H17ClN4O4S/c25-15-7-8-19(30)18(13-15)28-23(22(27-24(28)34)17-6-1-2-11-26-17)21-10-9-20(33-21)14-4-3-5-16(12-14)29(31)32/h1-13,22-23,30H,(H,27,34)/t22-,23-/m1/s1. The van der Waals surface area contributed by atoms with E-state index < -0.39 is 17.0 Å². The number of nitro benzene ring substituents is 1. The van der Waals surface area contributed by atoms with E-state index in [4.69, 9.17) is 28.2 Å². The molecule has 2 aromatic carbocycles. The predicted molar refractivity (Wildman–Crippen MR) is 132 cm³/mol. The molecule has 34 heavy (non-hydrogen) atoms. The number of aromatic nitrogens is 1. The molecule has 0 spiro atoms. The number of halogens is 1. The normalized spacial score (nSPS) is 17.6. The van der Waals surface area contributed by atoms with Crippen LogP contribution in [0.3, 0.4) is 0 Å². The van der Waals surface area contributed by atoms with Crippen molar-refractivity contribution in [3.8, 4) is 17.1 Å². The van der Waals surface area contributed by atoms with Gasteiger partial charge in [-0.1, -0.05) is 29.8 Å². The number of aromatic hydroxyl groups is 1. The van der Waals surface area contributed by atoms with E-state index in [9.17, 15) is 15.2 Å². The summed E-state index contributed by atoms with van der Waals surface area (Å²) >= 11 is 11.9. The number of furan rings is 1. The van der Waals surface area contributed by atoms with Crippen LogP contribution in [0, 0.1) is 10.1 Å². The molecule has 0 aliphatic carbocycles. The Bertz CT molecular complexity index is 1390. The maximum Gasteiger partial charge on any atom is 0.270 e. The van der Waals surface area contributed by atoms with Crippen molar-refractivity contribution in [1.82, 2.24) is 10.3 Å². The molecule has 170 valence electrons. The Kier molecular flexibility index (Phi) is 5.64. The van der Waals surface area contributed by atoms with Gasteiger partial charge in [-0.2, -0.15) is 0 Å². The third-order valence-electron chi connectivity index (χ3n) is 5.55. The fraction of sp³-hybridized carbons (Fsp3) is 0.0833. The SMILES string of the molecule is O=[N+]([O-])c1cccc(-c2ccc([C@@H]3[C@@H](c4ccccn4)NC(=S)N3c3cc(Cl)ccc3O)o2)c1. The van der Waals surface area contributed by atoms with Gasteiger partial charge in [-0.25, -0.2) is 0 Å². The Morgan fingerprint density at radius 1 is 1.12 bits per heavy atom. The summed E-state index contributed by atoms with van der Waals surface area (Å²) in [6.45, 7) is 0. The summed E-state index contributed by atoms with van der Waals surface area (Å²) in [5.41, 5.74) is 1.69. The zero-order valence-electron chi connectivity index (χ0n) is 17.5. The summed E-state index contributed by atoms with van der Waals surface area (Å²) in [6.07, 6.45) is 1.69. The number of thiocarbonyl (C=S) groups is 1. The molecule has 5 rings (SSSR count). The summed E-state index contributed by atoms with van der Waals surface area (Å²) in [5, 5.41) is 25.9. The minimum atomic E-state index is -0.515. The molecular weight excluding hydrogens is 476 g/mol. The number of rotatable bonds is 5. The number of non-ortho nitro benzene ring substituents is 1. The lowest BCUT2D eigenvalue weighted by Gasteiger charge is -2.26. The monoisotopic (exact) mass is 492 g/mol. The zero-order chi connectivity index (χ0) is 23.8. The molecule has 1 fully saturated rings. The molecule has 4 aromatic rings. The van der Waals surface area contributed by atoms with E-state index in [-0.39, 0.29) is 11.4 Å². The third-order valence-corrected chi connectivity index (χ3v) is 6.10. The van der Waals surface area contributed by atoms with Gasteiger partial charge in [0.25, 0.3) is 5.69 Å². The molecule has 0 radical (unpaired) electrons. The van der Waals surface area contributed by atoms with Crippen molar-refractivity contribution in [2.75, 3.05) is 4.90 Å². The zero-order valence-corrected chi connectivity index (χ0v) is 19.0. The second-order valence-electron chi connectivity index (χ2n) is 7.64. The van der Waals surface area contributed by atoms with Crippen molar-refractivity contribution < 1.29 is 14.4 Å². The van der Waals surface area contributed by atoms with E-state index in [1.165, 1.54) is 18.2 Å². The Morgan fingerprint density at radius 3 is 2.74 bits per heavy atom. The molecule has 3 heterocycles. The van der Waals surface area contributed by atoms with Crippen LogP contribution in [0.4, 0.5) is 11.4 Å². The van der Waals surface area contributed by atoms with Crippen LogP contribution in [0.1, 0.15) is 23.5 Å². The highest BCUT2D eigenvalue weighted by Crippen LogP contribution is 2.45. The molecule has 1 saturated heterocycles. The third kappa shape index (κ3) is 3.95. The van der Waals surface area contributed by atoms with Gasteiger partial charge in [0.15, 0.2) is 5.11 Å². The Morgan fingerprint density at radius 2 is 1.97 bits per heavy atom. The minimum absolute atomic E-state index is 0.00526. The lowest BCUT2D eigenvalue weighted by molar-refractivity contribution is -0.384. The number of hydrogen-bond donors (Lipinski definition) is 2. The van der Waals surface area contributed by atoms with Crippen LogP contribution >= 0.6 is 23.8 Å². The summed E-state index contributed by atoms with van der Waals surface area (Å²) in [6, 6.07) is 19.1. The number of hydrogen-bond acceptors (Lipinski definition) is 6. The quantitative estimate of drug-likeness (QED) is 0.205. The van der Waals surface area contributed by atoms with Gasteiger partial charge in [0.2, 0.25) is 0 Å². The molecule has 0 amide bonds. The van der Waals surface area contributed by atoms with E-state index >= 15 is 0 Å². The van der Waals surface area contributed by atoms with Gasteiger partial charge in [-0.3, -0.25) is 15.1 Å². The van der Waals surface area contributed by atoms with Crippen LogP contribution in [0.2, 0.25) is 5.02 Å². The second kappa shape index (κ2) is 8.77. The van der Waals surface area contributed by atoms with Crippen molar-refractivity contribution in [1.29, 1.82) is 0 Å². The maximum absolute atomic E-state index is 11.2. The molecule has 0 bridgehead atoms. The predicted octanol–water partition coefficient (Wildman–Crippen LogP) is 5.79. The molecule has 0 unspecified atom stereocenters. The Balaban J connectivity index is 1.62. The molecule has 2 atom stereocenters. The van der Waals surface area contributed by atoms with E-state index in [0.717, 1.165) is 5.69 Å². The molecule has 8 nitrogen and oxygen atoms in total. The fourth-order valence-corrected chi connectivity index (χ4v) is 4.54. The van der Waals surface area contributed by atoms with E-state index in [2.05, 4.69) is 10.3 Å². The van der Waals surface area contributed by atoms with E-state index in [0.29, 0.717) is 32.9 Å².